The van der Waals surface area contributed by atoms with Gasteiger partial charge in [-0.3, -0.25) is 4.79 Å². The van der Waals surface area contributed by atoms with Crippen molar-refractivity contribution in [2.45, 2.75) is 6.04 Å². The lowest BCUT2D eigenvalue weighted by Gasteiger charge is -2.22. The van der Waals surface area contributed by atoms with E-state index in [1.807, 2.05) is 18.2 Å². The van der Waals surface area contributed by atoms with Gasteiger partial charge in [0.2, 0.25) is 5.91 Å². The van der Waals surface area contributed by atoms with Gasteiger partial charge >= 0.3 is 0 Å². The molecule has 1 aliphatic rings. The third-order valence-electron chi connectivity index (χ3n) is 2.45. The van der Waals surface area contributed by atoms with Gasteiger partial charge in [-0.15, -0.1) is 0 Å². The Hall–Kier alpha value is -0.0400. The van der Waals surface area contributed by atoms with Gasteiger partial charge in [0.25, 0.3) is 0 Å². The van der Waals surface area contributed by atoms with Gasteiger partial charge in [0.15, 0.2) is 0 Å². The number of para-hydroxylation sites is 1. The minimum Gasteiger partial charge on any atom is -0.323 e. The summed E-state index contributed by atoms with van der Waals surface area (Å²) in [6.07, 6.45) is 0. The maximum absolute atomic E-state index is 12.0. The molecule has 1 heterocycles. The Morgan fingerprint density at radius 3 is 2.71 bits per heavy atom. The summed E-state index contributed by atoms with van der Waals surface area (Å²) in [6, 6.07) is 5.62. The van der Waals surface area contributed by atoms with Crippen LogP contribution in [0.5, 0.6) is 0 Å². The van der Waals surface area contributed by atoms with E-state index >= 15 is 0 Å². The van der Waals surface area contributed by atoms with E-state index in [-0.39, 0.29) is 11.9 Å². The van der Waals surface area contributed by atoms with Crippen LogP contribution in [0.3, 0.4) is 0 Å². The van der Waals surface area contributed by atoms with Gasteiger partial charge in [0.1, 0.15) is 0 Å². The molecule has 0 bridgehead atoms. The molecule has 0 aromatic heterocycles. The number of amides is 1. The molecular weight excluding hydrogens is 368 g/mol. The lowest BCUT2D eigenvalue weighted by atomic mass is 10.2. The number of hydrogen-bond donors (Lipinski definition) is 2. The highest BCUT2D eigenvalue weighted by molar-refractivity contribution is 9.11. The average molecular weight is 380 g/mol. The second-order valence-corrected chi connectivity index (χ2v) is 6.53. The predicted octanol–water partition coefficient (Wildman–Crippen LogP) is 2.86. The summed E-state index contributed by atoms with van der Waals surface area (Å²) in [5, 5.41) is 6.15. The molecule has 0 spiro atoms. The molecule has 1 aromatic rings. The van der Waals surface area contributed by atoms with Crippen LogP contribution in [-0.2, 0) is 4.79 Å². The zero-order valence-electron chi connectivity index (χ0n) is 9.00. The predicted molar refractivity (Wildman–Crippen MR) is 79.6 cm³/mol. The van der Waals surface area contributed by atoms with Crippen LogP contribution in [0.15, 0.2) is 27.1 Å². The van der Waals surface area contributed by atoms with Gasteiger partial charge in [-0.2, -0.15) is 11.8 Å². The van der Waals surface area contributed by atoms with Gasteiger partial charge in [-0.05, 0) is 44.0 Å². The fourth-order valence-electron chi connectivity index (χ4n) is 1.56. The molecule has 2 N–H and O–H groups in total. The first kappa shape index (κ1) is 13.4. The highest BCUT2D eigenvalue weighted by Crippen LogP contribution is 2.30. The molecule has 0 radical (unpaired) electrons. The summed E-state index contributed by atoms with van der Waals surface area (Å²) >= 11 is 8.66. The van der Waals surface area contributed by atoms with Crippen molar-refractivity contribution in [3.8, 4) is 0 Å². The molecule has 1 atom stereocenters. The van der Waals surface area contributed by atoms with Crippen molar-refractivity contribution in [1.29, 1.82) is 0 Å². The van der Waals surface area contributed by atoms with E-state index in [0.717, 1.165) is 32.7 Å². The van der Waals surface area contributed by atoms with Crippen LogP contribution in [0.1, 0.15) is 0 Å². The van der Waals surface area contributed by atoms with Crippen LogP contribution in [0.4, 0.5) is 5.69 Å². The Bertz CT molecular complexity index is 402. The van der Waals surface area contributed by atoms with E-state index < -0.39 is 0 Å². The van der Waals surface area contributed by atoms with Crippen LogP contribution >= 0.6 is 43.6 Å². The first-order valence-corrected chi connectivity index (χ1v) is 7.98. The van der Waals surface area contributed by atoms with Gasteiger partial charge in [-0.1, -0.05) is 6.07 Å². The molecule has 1 aromatic carbocycles. The van der Waals surface area contributed by atoms with Crippen LogP contribution in [0.25, 0.3) is 0 Å². The molecule has 0 saturated carbocycles. The molecule has 1 fully saturated rings. The van der Waals surface area contributed by atoms with Crippen molar-refractivity contribution >= 4 is 55.2 Å². The number of thioether (sulfide) groups is 1. The average Bonchev–Trinajstić information content (AvgIpc) is 2.35. The fourth-order valence-corrected chi connectivity index (χ4v) is 3.69. The number of carbonyl (C=O) groups excluding carboxylic acids is 1. The molecule has 1 saturated heterocycles. The number of halogens is 2. The summed E-state index contributed by atoms with van der Waals surface area (Å²) in [5.41, 5.74) is 0.787. The summed E-state index contributed by atoms with van der Waals surface area (Å²) in [7, 11) is 0. The Kier molecular flexibility index (Phi) is 4.90. The minimum atomic E-state index is -0.104. The van der Waals surface area contributed by atoms with Crippen LogP contribution < -0.4 is 10.6 Å². The molecule has 0 aliphatic carbocycles. The van der Waals surface area contributed by atoms with E-state index in [9.17, 15) is 4.79 Å². The second kappa shape index (κ2) is 6.22. The van der Waals surface area contributed by atoms with Gasteiger partial charge in [0, 0.05) is 27.0 Å². The summed E-state index contributed by atoms with van der Waals surface area (Å²) < 4.78 is 1.76. The van der Waals surface area contributed by atoms with Crippen LogP contribution in [0.2, 0.25) is 0 Å². The molecule has 6 heteroatoms. The van der Waals surface area contributed by atoms with Crippen LogP contribution in [0, 0.1) is 0 Å². The Morgan fingerprint density at radius 1 is 1.41 bits per heavy atom. The van der Waals surface area contributed by atoms with Crippen molar-refractivity contribution in [3.63, 3.8) is 0 Å². The summed E-state index contributed by atoms with van der Waals surface area (Å²) in [6.45, 7) is 0.889. The van der Waals surface area contributed by atoms with Crippen molar-refractivity contribution in [2.75, 3.05) is 23.4 Å². The first-order chi connectivity index (χ1) is 8.18. The molecule has 2 rings (SSSR count). The van der Waals surface area contributed by atoms with Crippen molar-refractivity contribution in [1.82, 2.24) is 5.32 Å². The number of carbonyl (C=O) groups is 1. The van der Waals surface area contributed by atoms with Gasteiger partial charge in [-0.25, -0.2) is 0 Å². The quantitative estimate of drug-likeness (QED) is 0.830. The monoisotopic (exact) mass is 378 g/mol. The van der Waals surface area contributed by atoms with Crippen LogP contribution in [-0.4, -0.2) is 30.0 Å². The highest BCUT2D eigenvalue weighted by atomic mass is 79.9. The first-order valence-electron chi connectivity index (χ1n) is 5.24. The number of benzene rings is 1. The van der Waals surface area contributed by atoms with E-state index in [2.05, 4.69) is 42.5 Å². The lowest BCUT2D eigenvalue weighted by Crippen LogP contribution is -2.46. The van der Waals surface area contributed by atoms with Gasteiger partial charge < -0.3 is 10.6 Å². The normalized spacial score (nSPS) is 20.0. The largest absolute Gasteiger partial charge is 0.323 e. The number of nitrogens with one attached hydrogen (secondary N) is 2. The molecule has 1 aliphatic heterocycles. The van der Waals surface area contributed by atoms with E-state index in [1.54, 1.807) is 11.8 Å². The summed E-state index contributed by atoms with van der Waals surface area (Å²) in [4.78, 5) is 12.0. The third-order valence-corrected chi connectivity index (χ3v) is 4.83. The standard InChI is InChI=1S/C11H12Br2N2OS/c12-7-2-1-3-8(13)10(7)15-11(16)9-6-17-5-4-14-9/h1-3,9,14H,4-6H2,(H,15,16). The van der Waals surface area contributed by atoms with Crippen molar-refractivity contribution in [2.24, 2.45) is 0 Å². The van der Waals surface area contributed by atoms with E-state index in [0.29, 0.717) is 0 Å². The minimum absolute atomic E-state index is 0.0183. The fraction of sp³-hybridized carbons (Fsp3) is 0.364. The lowest BCUT2D eigenvalue weighted by molar-refractivity contribution is -0.117. The maximum atomic E-state index is 12.0. The van der Waals surface area contributed by atoms with E-state index in [1.165, 1.54) is 0 Å². The van der Waals surface area contributed by atoms with E-state index in [4.69, 9.17) is 0 Å². The molecular formula is C11H12Br2N2OS. The molecule has 1 amide bonds. The second-order valence-electron chi connectivity index (χ2n) is 3.67. The zero-order chi connectivity index (χ0) is 12.3. The number of hydrogen-bond acceptors (Lipinski definition) is 3. The Labute approximate surface area is 121 Å². The smallest absolute Gasteiger partial charge is 0.242 e. The molecule has 3 nitrogen and oxygen atoms in total. The highest BCUT2D eigenvalue weighted by Gasteiger charge is 2.21. The maximum Gasteiger partial charge on any atom is 0.242 e. The number of rotatable bonds is 2. The Balaban J connectivity index is 2.07. The molecule has 92 valence electrons. The Morgan fingerprint density at radius 2 is 2.12 bits per heavy atom. The molecule has 17 heavy (non-hydrogen) atoms. The van der Waals surface area contributed by atoms with Gasteiger partial charge in [0.05, 0.1) is 11.7 Å². The van der Waals surface area contributed by atoms with Crippen molar-refractivity contribution < 1.29 is 4.79 Å². The summed E-state index contributed by atoms with van der Waals surface area (Å²) in [5.74, 6) is 1.92. The van der Waals surface area contributed by atoms with Crippen molar-refractivity contribution in [3.05, 3.63) is 27.1 Å². The third kappa shape index (κ3) is 3.47. The molecule has 1 unspecified atom stereocenters. The zero-order valence-corrected chi connectivity index (χ0v) is 13.0. The SMILES string of the molecule is O=C(Nc1c(Br)cccc1Br)C1CSCCN1. The topological polar surface area (TPSA) is 41.1 Å². The number of anilines is 1.